The van der Waals surface area contributed by atoms with Crippen LogP contribution in [0.15, 0.2) is 16.8 Å². The summed E-state index contributed by atoms with van der Waals surface area (Å²) in [4.78, 5) is 21.9. The topological polar surface area (TPSA) is 55.4 Å². The molecule has 1 heterocycles. The normalized spacial score (nSPS) is 11.9. The summed E-state index contributed by atoms with van der Waals surface area (Å²) < 4.78 is 4.28. The van der Waals surface area contributed by atoms with Gasteiger partial charge in [0.25, 0.3) is 0 Å². The van der Waals surface area contributed by atoms with Crippen molar-refractivity contribution in [1.29, 1.82) is 0 Å². The molecule has 0 aliphatic rings. The first-order valence-corrected chi connectivity index (χ1v) is 5.00. The van der Waals surface area contributed by atoms with E-state index in [-0.39, 0.29) is 6.04 Å². The van der Waals surface area contributed by atoms with Crippen molar-refractivity contribution in [2.24, 2.45) is 0 Å². The lowest BCUT2D eigenvalue weighted by molar-refractivity contribution is -0.153. The Morgan fingerprint density at radius 2 is 2.29 bits per heavy atom. The molecule has 1 N–H and O–H groups in total. The molecule has 0 spiro atoms. The van der Waals surface area contributed by atoms with Gasteiger partial charge in [0.05, 0.1) is 13.2 Å². The number of carbonyl (C=O) groups is 2. The van der Waals surface area contributed by atoms with Gasteiger partial charge in [0.15, 0.2) is 0 Å². The number of methoxy groups -OCH3 is 1. The van der Waals surface area contributed by atoms with Crippen LogP contribution in [0.4, 0.5) is 0 Å². The van der Waals surface area contributed by atoms with Crippen molar-refractivity contribution in [3.05, 3.63) is 22.4 Å². The molecule has 0 saturated heterocycles. The highest BCUT2D eigenvalue weighted by molar-refractivity contribution is 7.07. The summed E-state index contributed by atoms with van der Waals surface area (Å²) in [5.41, 5.74) is 0.979. The molecule has 0 aliphatic carbocycles. The fourth-order valence-electron chi connectivity index (χ4n) is 0.953. The van der Waals surface area contributed by atoms with Crippen LogP contribution in [-0.2, 0) is 14.3 Å². The largest absolute Gasteiger partial charge is 0.462 e. The number of ether oxygens (including phenoxy) is 1. The average molecular weight is 213 g/mol. The maximum Gasteiger partial charge on any atom is 0.396 e. The van der Waals surface area contributed by atoms with Crippen molar-refractivity contribution in [3.8, 4) is 0 Å². The number of hydrogen-bond donors (Lipinski definition) is 1. The summed E-state index contributed by atoms with van der Waals surface area (Å²) in [5.74, 6) is -1.58. The summed E-state index contributed by atoms with van der Waals surface area (Å²) in [5, 5.41) is 6.36. The minimum atomic E-state index is -0.868. The van der Waals surface area contributed by atoms with Gasteiger partial charge in [0, 0.05) is 0 Å². The SMILES string of the molecule is COC(=O)C(=O)NC(C)c1ccsc1. The lowest BCUT2D eigenvalue weighted by Gasteiger charge is -2.10. The standard InChI is InChI=1S/C9H11NO3S/c1-6(7-3-4-14-5-7)10-8(11)9(12)13-2/h3-6H,1-2H3,(H,10,11). The Bertz CT molecular complexity index is 321. The molecule has 1 aromatic heterocycles. The van der Waals surface area contributed by atoms with Crippen LogP contribution >= 0.6 is 11.3 Å². The van der Waals surface area contributed by atoms with Crippen molar-refractivity contribution in [2.45, 2.75) is 13.0 Å². The van der Waals surface area contributed by atoms with Crippen molar-refractivity contribution in [2.75, 3.05) is 7.11 Å². The third kappa shape index (κ3) is 2.56. The van der Waals surface area contributed by atoms with E-state index in [1.165, 1.54) is 7.11 Å². The van der Waals surface area contributed by atoms with Crippen LogP contribution < -0.4 is 5.32 Å². The molecule has 1 atom stereocenters. The van der Waals surface area contributed by atoms with E-state index in [1.54, 1.807) is 11.3 Å². The zero-order chi connectivity index (χ0) is 10.6. The van der Waals surface area contributed by atoms with E-state index in [1.807, 2.05) is 23.8 Å². The van der Waals surface area contributed by atoms with E-state index in [2.05, 4.69) is 10.1 Å². The molecular weight excluding hydrogens is 202 g/mol. The van der Waals surface area contributed by atoms with Gasteiger partial charge in [-0.25, -0.2) is 4.79 Å². The Kier molecular flexibility index (Phi) is 3.64. The van der Waals surface area contributed by atoms with E-state index < -0.39 is 11.9 Å². The predicted molar refractivity (Wildman–Crippen MR) is 52.9 cm³/mol. The molecule has 0 aromatic carbocycles. The number of rotatable bonds is 2. The molecular formula is C9H11NO3S. The molecule has 1 aromatic rings. The molecule has 1 rings (SSSR count). The molecule has 0 aliphatic heterocycles. The van der Waals surface area contributed by atoms with Crippen molar-refractivity contribution < 1.29 is 14.3 Å². The van der Waals surface area contributed by atoms with Gasteiger partial charge in [-0.2, -0.15) is 11.3 Å². The number of amides is 1. The monoisotopic (exact) mass is 213 g/mol. The number of esters is 1. The zero-order valence-corrected chi connectivity index (χ0v) is 8.76. The third-order valence-electron chi connectivity index (χ3n) is 1.76. The first-order valence-electron chi connectivity index (χ1n) is 4.06. The molecule has 76 valence electrons. The molecule has 1 amide bonds. The molecule has 0 fully saturated rings. The molecule has 1 unspecified atom stereocenters. The summed E-state index contributed by atoms with van der Waals surface area (Å²) in [7, 11) is 1.18. The van der Waals surface area contributed by atoms with Gasteiger partial charge in [-0.1, -0.05) is 0 Å². The summed E-state index contributed by atoms with van der Waals surface area (Å²) >= 11 is 1.54. The maximum atomic E-state index is 11.1. The molecule has 4 nitrogen and oxygen atoms in total. The Hall–Kier alpha value is -1.36. The van der Waals surface area contributed by atoms with E-state index >= 15 is 0 Å². The summed E-state index contributed by atoms with van der Waals surface area (Å²) in [6.07, 6.45) is 0. The lowest BCUT2D eigenvalue weighted by atomic mass is 10.2. The average Bonchev–Trinajstić information content (AvgIpc) is 2.69. The predicted octanol–water partition coefficient (Wildman–Crippen LogP) is 1.10. The summed E-state index contributed by atoms with van der Waals surface area (Å²) in [6, 6.07) is 1.72. The molecule has 0 radical (unpaired) electrons. The third-order valence-corrected chi connectivity index (χ3v) is 2.46. The van der Waals surface area contributed by atoms with E-state index in [9.17, 15) is 9.59 Å². The zero-order valence-electron chi connectivity index (χ0n) is 7.94. The van der Waals surface area contributed by atoms with Crippen LogP contribution in [0.1, 0.15) is 18.5 Å². The van der Waals surface area contributed by atoms with Crippen LogP contribution in [-0.4, -0.2) is 19.0 Å². The highest BCUT2D eigenvalue weighted by Gasteiger charge is 2.17. The Balaban J connectivity index is 2.53. The van der Waals surface area contributed by atoms with Crippen LogP contribution in [0.2, 0.25) is 0 Å². The maximum absolute atomic E-state index is 11.1. The second kappa shape index (κ2) is 4.76. The van der Waals surface area contributed by atoms with Gasteiger partial charge >= 0.3 is 11.9 Å². The van der Waals surface area contributed by atoms with Crippen LogP contribution in [0.25, 0.3) is 0 Å². The second-order valence-electron chi connectivity index (χ2n) is 2.74. The first-order chi connectivity index (χ1) is 6.65. The quantitative estimate of drug-likeness (QED) is 0.591. The number of hydrogen-bond acceptors (Lipinski definition) is 4. The Labute approximate surface area is 85.9 Å². The second-order valence-corrected chi connectivity index (χ2v) is 3.52. The first kappa shape index (κ1) is 10.7. The van der Waals surface area contributed by atoms with Crippen LogP contribution in [0, 0.1) is 0 Å². The van der Waals surface area contributed by atoms with Crippen LogP contribution in [0.5, 0.6) is 0 Å². The van der Waals surface area contributed by atoms with Crippen molar-refractivity contribution in [1.82, 2.24) is 5.32 Å². The fourth-order valence-corrected chi connectivity index (χ4v) is 1.71. The lowest BCUT2D eigenvalue weighted by Crippen LogP contribution is -2.33. The smallest absolute Gasteiger partial charge is 0.396 e. The minimum absolute atomic E-state index is 0.173. The van der Waals surface area contributed by atoms with Crippen LogP contribution in [0.3, 0.4) is 0 Å². The van der Waals surface area contributed by atoms with Crippen molar-refractivity contribution in [3.63, 3.8) is 0 Å². The van der Waals surface area contributed by atoms with E-state index in [4.69, 9.17) is 0 Å². The fraction of sp³-hybridized carbons (Fsp3) is 0.333. The van der Waals surface area contributed by atoms with Gasteiger partial charge in [0.2, 0.25) is 0 Å². The van der Waals surface area contributed by atoms with E-state index in [0.717, 1.165) is 5.56 Å². The van der Waals surface area contributed by atoms with Gasteiger partial charge in [0.1, 0.15) is 0 Å². The van der Waals surface area contributed by atoms with Gasteiger partial charge < -0.3 is 10.1 Å². The van der Waals surface area contributed by atoms with Gasteiger partial charge in [-0.3, -0.25) is 4.79 Å². The molecule has 14 heavy (non-hydrogen) atoms. The Morgan fingerprint density at radius 1 is 1.57 bits per heavy atom. The van der Waals surface area contributed by atoms with Gasteiger partial charge in [-0.15, -0.1) is 0 Å². The number of thiophene rings is 1. The van der Waals surface area contributed by atoms with Gasteiger partial charge in [-0.05, 0) is 29.3 Å². The molecule has 0 bridgehead atoms. The number of nitrogens with one attached hydrogen (secondary N) is 1. The highest BCUT2D eigenvalue weighted by atomic mass is 32.1. The highest BCUT2D eigenvalue weighted by Crippen LogP contribution is 2.15. The summed E-state index contributed by atoms with van der Waals surface area (Å²) in [6.45, 7) is 1.81. The molecule has 5 heteroatoms. The minimum Gasteiger partial charge on any atom is -0.462 e. The van der Waals surface area contributed by atoms with E-state index in [0.29, 0.717) is 0 Å². The molecule has 0 saturated carbocycles. The number of carbonyl (C=O) groups excluding carboxylic acids is 2. The Morgan fingerprint density at radius 3 is 2.79 bits per heavy atom. The van der Waals surface area contributed by atoms with Crippen molar-refractivity contribution >= 4 is 23.2 Å².